The molecular formula is C16H19N3O6S. The van der Waals surface area contributed by atoms with Crippen LogP contribution < -0.4 is 9.47 Å². The molecule has 2 aromatic rings. The third kappa shape index (κ3) is 3.79. The van der Waals surface area contributed by atoms with E-state index in [1.165, 1.54) is 19.1 Å². The van der Waals surface area contributed by atoms with Crippen LogP contribution in [0.3, 0.4) is 0 Å². The van der Waals surface area contributed by atoms with E-state index in [1.807, 2.05) is 0 Å². The van der Waals surface area contributed by atoms with Gasteiger partial charge in [0, 0.05) is 24.7 Å². The van der Waals surface area contributed by atoms with Crippen LogP contribution in [0.15, 0.2) is 27.8 Å². The number of benzene rings is 1. The molecule has 0 unspecified atom stereocenters. The van der Waals surface area contributed by atoms with Crippen molar-refractivity contribution < 1.29 is 27.1 Å². The molecule has 0 saturated carbocycles. The Bertz CT molecular complexity index is 880. The Labute approximate surface area is 150 Å². The first kappa shape index (κ1) is 18.2. The number of amides is 1. The monoisotopic (exact) mass is 381 g/mol. The lowest BCUT2D eigenvalue weighted by atomic mass is 10.2. The summed E-state index contributed by atoms with van der Waals surface area (Å²) in [5.74, 6) is -0.159. The Morgan fingerprint density at radius 1 is 1.12 bits per heavy atom. The summed E-state index contributed by atoms with van der Waals surface area (Å²) in [5.41, 5.74) is 0.445. The van der Waals surface area contributed by atoms with Crippen molar-refractivity contribution in [3.8, 4) is 23.0 Å². The summed E-state index contributed by atoms with van der Waals surface area (Å²) < 4.78 is 40.4. The molecule has 10 heteroatoms. The number of nitrogens with zero attached hydrogens (tertiary/aromatic N) is 3. The third-order valence-corrected chi connectivity index (χ3v) is 5.37. The van der Waals surface area contributed by atoms with E-state index in [9.17, 15) is 13.2 Å². The van der Waals surface area contributed by atoms with Gasteiger partial charge in [-0.3, -0.25) is 4.79 Å². The lowest BCUT2D eigenvalue weighted by Gasteiger charge is -2.13. The van der Waals surface area contributed by atoms with Crippen LogP contribution in [-0.4, -0.2) is 62.5 Å². The summed E-state index contributed by atoms with van der Waals surface area (Å²) in [4.78, 5) is 13.6. The summed E-state index contributed by atoms with van der Waals surface area (Å²) in [6.07, 6.45) is 1.77. The molecule has 1 aromatic heterocycles. The fourth-order valence-electron chi connectivity index (χ4n) is 2.67. The van der Waals surface area contributed by atoms with Crippen LogP contribution in [0, 0.1) is 0 Å². The molecule has 2 heterocycles. The lowest BCUT2D eigenvalue weighted by molar-refractivity contribution is -0.127. The lowest BCUT2D eigenvalue weighted by Crippen LogP contribution is -2.33. The van der Waals surface area contributed by atoms with Crippen molar-refractivity contribution in [2.75, 3.05) is 33.1 Å². The SMILES string of the molecule is COc1cc(OC)cc(-c2nnc(S(=O)(=O)CC(=O)N3CCCC3)o2)c1. The number of sulfone groups is 1. The van der Waals surface area contributed by atoms with E-state index < -0.39 is 26.7 Å². The van der Waals surface area contributed by atoms with Gasteiger partial charge in [0.1, 0.15) is 17.3 Å². The molecule has 140 valence electrons. The van der Waals surface area contributed by atoms with Gasteiger partial charge in [-0.1, -0.05) is 5.10 Å². The number of rotatable bonds is 6. The highest BCUT2D eigenvalue weighted by Crippen LogP contribution is 2.29. The van der Waals surface area contributed by atoms with Gasteiger partial charge in [0.05, 0.1) is 14.2 Å². The number of carbonyl (C=O) groups is 1. The standard InChI is InChI=1S/C16H19N3O6S/c1-23-12-7-11(8-13(9-12)24-2)15-17-18-16(25-15)26(21,22)10-14(20)19-5-3-4-6-19/h7-9H,3-6,10H2,1-2H3. The number of methoxy groups -OCH3 is 2. The average Bonchev–Trinajstić information content (AvgIpc) is 3.32. The van der Waals surface area contributed by atoms with E-state index in [-0.39, 0.29) is 5.89 Å². The van der Waals surface area contributed by atoms with E-state index >= 15 is 0 Å². The van der Waals surface area contributed by atoms with E-state index in [0.29, 0.717) is 30.2 Å². The molecule has 1 fully saturated rings. The topological polar surface area (TPSA) is 112 Å². The molecule has 3 rings (SSSR count). The van der Waals surface area contributed by atoms with Gasteiger partial charge in [-0.05, 0) is 25.0 Å². The van der Waals surface area contributed by atoms with Gasteiger partial charge in [-0.15, -0.1) is 5.10 Å². The van der Waals surface area contributed by atoms with Crippen LogP contribution in [0.2, 0.25) is 0 Å². The third-order valence-electron chi connectivity index (χ3n) is 4.04. The number of hydrogen-bond donors (Lipinski definition) is 0. The number of likely N-dealkylation sites (tertiary alicyclic amines) is 1. The summed E-state index contributed by atoms with van der Waals surface area (Å²) >= 11 is 0. The predicted molar refractivity (Wildman–Crippen MR) is 90.7 cm³/mol. The van der Waals surface area contributed by atoms with Crippen LogP contribution in [0.1, 0.15) is 12.8 Å². The molecule has 9 nitrogen and oxygen atoms in total. The van der Waals surface area contributed by atoms with E-state index in [2.05, 4.69) is 10.2 Å². The highest BCUT2D eigenvalue weighted by atomic mass is 32.2. The molecule has 0 bridgehead atoms. The molecule has 0 aliphatic carbocycles. The van der Waals surface area contributed by atoms with E-state index in [0.717, 1.165) is 12.8 Å². The zero-order valence-corrected chi connectivity index (χ0v) is 15.3. The van der Waals surface area contributed by atoms with Gasteiger partial charge in [0.25, 0.3) is 0 Å². The second kappa shape index (κ2) is 7.32. The largest absolute Gasteiger partial charge is 0.497 e. The molecule has 1 amide bonds. The van der Waals surface area contributed by atoms with Crippen LogP contribution >= 0.6 is 0 Å². The molecule has 0 N–H and O–H groups in total. The van der Waals surface area contributed by atoms with Crippen molar-refractivity contribution in [1.82, 2.24) is 15.1 Å². The van der Waals surface area contributed by atoms with Crippen molar-refractivity contribution in [1.29, 1.82) is 0 Å². The van der Waals surface area contributed by atoms with Crippen molar-refractivity contribution >= 4 is 15.7 Å². The zero-order chi connectivity index (χ0) is 18.7. The van der Waals surface area contributed by atoms with Gasteiger partial charge in [-0.25, -0.2) is 8.42 Å². The fourth-order valence-corrected chi connectivity index (χ4v) is 3.67. The summed E-state index contributed by atoms with van der Waals surface area (Å²) in [6.45, 7) is 1.15. The number of hydrogen-bond acceptors (Lipinski definition) is 8. The molecule has 0 atom stereocenters. The second-order valence-corrected chi connectivity index (χ2v) is 7.69. The minimum atomic E-state index is -4.01. The summed E-state index contributed by atoms with van der Waals surface area (Å²) in [6, 6.07) is 4.88. The number of aromatic nitrogens is 2. The van der Waals surface area contributed by atoms with Crippen LogP contribution in [-0.2, 0) is 14.6 Å². The van der Waals surface area contributed by atoms with E-state index in [4.69, 9.17) is 13.9 Å². The molecule has 1 aliphatic rings. The molecule has 0 radical (unpaired) electrons. The van der Waals surface area contributed by atoms with Gasteiger partial charge in [-0.2, -0.15) is 0 Å². The first-order valence-corrected chi connectivity index (χ1v) is 9.65. The molecule has 1 aromatic carbocycles. The van der Waals surface area contributed by atoms with Gasteiger partial charge >= 0.3 is 5.22 Å². The quantitative estimate of drug-likeness (QED) is 0.732. The second-order valence-electron chi connectivity index (χ2n) is 5.82. The summed E-state index contributed by atoms with van der Waals surface area (Å²) in [5, 5.41) is 6.79. The maximum Gasteiger partial charge on any atom is 0.336 e. The molecule has 0 spiro atoms. The first-order valence-electron chi connectivity index (χ1n) is 8.00. The molecule has 26 heavy (non-hydrogen) atoms. The maximum absolute atomic E-state index is 12.4. The number of carbonyl (C=O) groups excluding carboxylic acids is 1. The van der Waals surface area contributed by atoms with Crippen molar-refractivity contribution in [3.05, 3.63) is 18.2 Å². The Morgan fingerprint density at radius 2 is 1.73 bits per heavy atom. The smallest absolute Gasteiger partial charge is 0.336 e. The highest BCUT2D eigenvalue weighted by Gasteiger charge is 2.30. The van der Waals surface area contributed by atoms with Crippen molar-refractivity contribution in [2.24, 2.45) is 0 Å². The molecular weight excluding hydrogens is 362 g/mol. The van der Waals surface area contributed by atoms with Crippen LogP contribution in [0.5, 0.6) is 11.5 Å². The normalized spacial score (nSPS) is 14.5. The van der Waals surface area contributed by atoms with E-state index in [1.54, 1.807) is 18.2 Å². The number of ether oxygens (including phenoxy) is 2. The Morgan fingerprint density at radius 3 is 2.31 bits per heavy atom. The Kier molecular flexibility index (Phi) is 5.12. The Balaban J connectivity index is 1.83. The Hall–Kier alpha value is -2.62. The minimum absolute atomic E-state index is 0.00519. The zero-order valence-electron chi connectivity index (χ0n) is 14.5. The first-order chi connectivity index (χ1) is 12.4. The predicted octanol–water partition coefficient (Wildman–Crippen LogP) is 1.15. The highest BCUT2D eigenvalue weighted by molar-refractivity contribution is 7.91. The maximum atomic E-state index is 12.4. The molecule has 1 aliphatic heterocycles. The van der Waals surface area contributed by atoms with Crippen LogP contribution in [0.25, 0.3) is 11.5 Å². The minimum Gasteiger partial charge on any atom is -0.497 e. The van der Waals surface area contributed by atoms with Gasteiger partial charge in [0.15, 0.2) is 0 Å². The molecule has 1 saturated heterocycles. The average molecular weight is 381 g/mol. The van der Waals surface area contributed by atoms with Crippen LogP contribution in [0.4, 0.5) is 0 Å². The fraction of sp³-hybridized carbons (Fsp3) is 0.438. The summed E-state index contributed by atoms with van der Waals surface area (Å²) in [7, 11) is -1.02. The van der Waals surface area contributed by atoms with Crippen molar-refractivity contribution in [2.45, 2.75) is 18.1 Å². The van der Waals surface area contributed by atoms with Gasteiger partial charge < -0.3 is 18.8 Å². The van der Waals surface area contributed by atoms with Crippen molar-refractivity contribution in [3.63, 3.8) is 0 Å². The van der Waals surface area contributed by atoms with Gasteiger partial charge in [0.2, 0.25) is 21.6 Å².